The predicted octanol–water partition coefficient (Wildman–Crippen LogP) is 4.46. The molecule has 0 unspecified atom stereocenters. The largest absolute Gasteiger partial charge is 0.264 e. The van der Waals surface area contributed by atoms with Crippen LogP contribution in [0.3, 0.4) is 0 Å². The van der Waals surface area contributed by atoms with Crippen LogP contribution in [0.25, 0.3) is 22.3 Å². The van der Waals surface area contributed by atoms with E-state index >= 15 is 0 Å². The van der Waals surface area contributed by atoms with Crippen LogP contribution in [0.1, 0.15) is 0 Å². The Labute approximate surface area is 116 Å². The van der Waals surface area contributed by atoms with Crippen molar-refractivity contribution in [1.82, 2.24) is 9.97 Å². The molecule has 0 atom stereocenters. The van der Waals surface area contributed by atoms with E-state index in [1.165, 1.54) is 0 Å². The maximum atomic E-state index is 6.12. The van der Waals surface area contributed by atoms with E-state index in [0.29, 0.717) is 5.02 Å². The minimum absolute atomic E-state index is 0.714. The molecule has 1 aromatic carbocycles. The second-order valence-corrected chi connectivity index (χ2v) is 4.61. The SMILES string of the molecule is Clc1ccc(-c2cccnc2)c(-c2cccnc2)c1. The number of hydrogen-bond donors (Lipinski definition) is 0. The van der Waals surface area contributed by atoms with Crippen molar-refractivity contribution in [2.24, 2.45) is 0 Å². The molecule has 0 bridgehead atoms. The Kier molecular flexibility index (Phi) is 3.25. The topological polar surface area (TPSA) is 25.8 Å². The van der Waals surface area contributed by atoms with Gasteiger partial charge in [0.15, 0.2) is 0 Å². The van der Waals surface area contributed by atoms with Crippen LogP contribution in [0, 0.1) is 0 Å². The molecule has 3 heteroatoms. The van der Waals surface area contributed by atoms with Crippen molar-refractivity contribution >= 4 is 11.6 Å². The number of rotatable bonds is 2. The molecule has 92 valence electrons. The molecule has 2 nitrogen and oxygen atoms in total. The third-order valence-electron chi connectivity index (χ3n) is 2.93. The predicted molar refractivity (Wildman–Crippen MR) is 77.9 cm³/mol. The van der Waals surface area contributed by atoms with Gasteiger partial charge in [-0.3, -0.25) is 9.97 Å². The monoisotopic (exact) mass is 266 g/mol. The van der Waals surface area contributed by atoms with Gasteiger partial charge in [-0.05, 0) is 35.4 Å². The molecule has 0 aliphatic carbocycles. The Balaban J connectivity index is 2.21. The molecule has 0 saturated heterocycles. The Hall–Kier alpha value is -2.19. The van der Waals surface area contributed by atoms with Crippen LogP contribution < -0.4 is 0 Å². The first-order valence-corrected chi connectivity index (χ1v) is 6.33. The molecular formula is C16H11ClN2. The molecule has 2 aromatic heterocycles. The maximum Gasteiger partial charge on any atom is 0.0412 e. The quantitative estimate of drug-likeness (QED) is 0.684. The number of hydrogen-bond acceptors (Lipinski definition) is 2. The minimum Gasteiger partial charge on any atom is -0.264 e. The van der Waals surface area contributed by atoms with Gasteiger partial charge < -0.3 is 0 Å². The van der Waals surface area contributed by atoms with Crippen molar-refractivity contribution in [3.05, 3.63) is 72.3 Å². The van der Waals surface area contributed by atoms with Crippen molar-refractivity contribution in [1.29, 1.82) is 0 Å². The summed E-state index contributed by atoms with van der Waals surface area (Å²) in [6.07, 6.45) is 7.22. The number of aromatic nitrogens is 2. The van der Waals surface area contributed by atoms with Gasteiger partial charge in [0.05, 0.1) is 0 Å². The van der Waals surface area contributed by atoms with Gasteiger partial charge in [-0.1, -0.05) is 29.8 Å². The second kappa shape index (κ2) is 5.21. The lowest BCUT2D eigenvalue weighted by molar-refractivity contribution is 1.32. The minimum atomic E-state index is 0.714. The van der Waals surface area contributed by atoms with Gasteiger partial charge in [-0.15, -0.1) is 0 Å². The van der Waals surface area contributed by atoms with E-state index in [0.717, 1.165) is 22.3 Å². The van der Waals surface area contributed by atoms with E-state index in [1.807, 2.05) is 54.9 Å². The first kappa shape index (κ1) is 11.9. The first-order chi connectivity index (χ1) is 9.34. The summed E-state index contributed by atoms with van der Waals surface area (Å²) < 4.78 is 0. The number of pyridine rings is 2. The molecule has 0 fully saturated rings. The molecule has 3 rings (SSSR count). The van der Waals surface area contributed by atoms with Crippen LogP contribution >= 0.6 is 11.6 Å². The van der Waals surface area contributed by atoms with E-state index in [9.17, 15) is 0 Å². The van der Waals surface area contributed by atoms with Gasteiger partial charge in [-0.2, -0.15) is 0 Å². The van der Waals surface area contributed by atoms with Crippen LogP contribution in [0.2, 0.25) is 5.02 Å². The lowest BCUT2D eigenvalue weighted by atomic mass is 9.96. The van der Waals surface area contributed by atoms with E-state index < -0.39 is 0 Å². The van der Waals surface area contributed by atoms with Gasteiger partial charge in [0, 0.05) is 40.9 Å². The second-order valence-electron chi connectivity index (χ2n) is 4.17. The Morgan fingerprint density at radius 2 is 1.37 bits per heavy atom. The molecule has 0 amide bonds. The maximum absolute atomic E-state index is 6.12. The van der Waals surface area contributed by atoms with Gasteiger partial charge >= 0.3 is 0 Å². The first-order valence-electron chi connectivity index (χ1n) is 5.95. The van der Waals surface area contributed by atoms with Crippen molar-refractivity contribution in [3.63, 3.8) is 0 Å². The van der Waals surface area contributed by atoms with Gasteiger partial charge in [0.2, 0.25) is 0 Å². The zero-order valence-electron chi connectivity index (χ0n) is 10.1. The molecule has 0 saturated carbocycles. The molecular weight excluding hydrogens is 256 g/mol. The van der Waals surface area contributed by atoms with E-state index in [-0.39, 0.29) is 0 Å². The molecule has 0 aliphatic heterocycles. The summed E-state index contributed by atoms with van der Waals surface area (Å²) in [5.74, 6) is 0. The Bertz CT molecular complexity index is 682. The number of benzene rings is 1. The highest BCUT2D eigenvalue weighted by Gasteiger charge is 2.08. The number of halogens is 1. The summed E-state index contributed by atoms with van der Waals surface area (Å²) in [5, 5.41) is 0.714. The zero-order chi connectivity index (χ0) is 13.1. The molecule has 0 aliphatic rings. The fraction of sp³-hybridized carbons (Fsp3) is 0. The highest BCUT2D eigenvalue weighted by Crippen LogP contribution is 2.33. The Morgan fingerprint density at radius 3 is 1.95 bits per heavy atom. The summed E-state index contributed by atoms with van der Waals surface area (Å²) in [5.41, 5.74) is 4.28. The van der Waals surface area contributed by atoms with Crippen molar-refractivity contribution in [2.75, 3.05) is 0 Å². The summed E-state index contributed by atoms with van der Waals surface area (Å²) >= 11 is 6.12. The highest BCUT2D eigenvalue weighted by atomic mass is 35.5. The molecule has 0 N–H and O–H groups in total. The fourth-order valence-corrected chi connectivity index (χ4v) is 2.22. The zero-order valence-corrected chi connectivity index (χ0v) is 10.9. The fourth-order valence-electron chi connectivity index (χ4n) is 2.05. The van der Waals surface area contributed by atoms with Gasteiger partial charge in [0.25, 0.3) is 0 Å². The Morgan fingerprint density at radius 1 is 0.737 bits per heavy atom. The lowest BCUT2D eigenvalue weighted by Crippen LogP contribution is -1.86. The third kappa shape index (κ3) is 2.49. The van der Waals surface area contributed by atoms with E-state index in [4.69, 9.17) is 11.6 Å². The third-order valence-corrected chi connectivity index (χ3v) is 3.16. The highest BCUT2D eigenvalue weighted by molar-refractivity contribution is 6.31. The average Bonchev–Trinajstić information content (AvgIpc) is 2.49. The summed E-state index contributed by atoms with van der Waals surface area (Å²) in [4.78, 5) is 8.34. The van der Waals surface area contributed by atoms with Crippen LogP contribution in [-0.2, 0) is 0 Å². The lowest BCUT2D eigenvalue weighted by Gasteiger charge is -2.10. The number of nitrogens with zero attached hydrogens (tertiary/aromatic N) is 2. The summed E-state index contributed by atoms with van der Waals surface area (Å²) in [6, 6.07) is 13.8. The van der Waals surface area contributed by atoms with E-state index in [2.05, 4.69) is 9.97 Å². The summed E-state index contributed by atoms with van der Waals surface area (Å²) in [7, 11) is 0. The molecule has 0 spiro atoms. The van der Waals surface area contributed by atoms with Gasteiger partial charge in [0.1, 0.15) is 0 Å². The van der Waals surface area contributed by atoms with Crippen molar-refractivity contribution in [2.45, 2.75) is 0 Å². The standard InChI is InChI=1S/C16H11ClN2/c17-14-5-6-15(12-3-1-7-18-10-12)16(9-14)13-4-2-8-19-11-13/h1-11H. The molecule has 19 heavy (non-hydrogen) atoms. The normalized spacial score (nSPS) is 10.4. The van der Waals surface area contributed by atoms with Crippen LogP contribution in [-0.4, -0.2) is 9.97 Å². The summed E-state index contributed by atoms with van der Waals surface area (Å²) in [6.45, 7) is 0. The molecule has 2 heterocycles. The van der Waals surface area contributed by atoms with Crippen LogP contribution in [0.15, 0.2) is 67.3 Å². The smallest absolute Gasteiger partial charge is 0.0412 e. The van der Waals surface area contributed by atoms with Gasteiger partial charge in [-0.25, -0.2) is 0 Å². The van der Waals surface area contributed by atoms with Crippen molar-refractivity contribution < 1.29 is 0 Å². The molecule has 3 aromatic rings. The van der Waals surface area contributed by atoms with Crippen molar-refractivity contribution in [3.8, 4) is 22.3 Å². The van der Waals surface area contributed by atoms with Crippen LogP contribution in [0.5, 0.6) is 0 Å². The average molecular weight is 267 g/mol. The van der Waals surface area contributed by atoms with Crippen LogP contribution in [0.4, 0.5) is 0 Å². The van der Waals surface area contributed by atoms with E-state index in [1.54, 1.807) is 12.4 Å². The molecule has 0 radical (unpaired) electrons.